The number of hydrogen-bond donors (Lipinski definition) is 1. The zero-order valence-electron chi connectivity index (χ0n) is 14.0. The summed E-state index contributed by atoms with van der Waals surface area (Å²) in [5, 5.41) is 10.7. The molecule has 1 amide bonds. The molecule has 4 rings (SSSR count). The molecule has 1 N–H and O–H groups in total. The molecule has 0 spiro atoms. The molecule has 1 saturated carbocycles. The van der Waals surface area contributed by atoms with Gasteiger partial charge in [0.2, 0.25) is 0 Å². The highest BCUT2D eigenvalue weighted by molar-refractivity contribution is 6.03. The lowest BCUT2D eigenvalue weighted by molar-refractivity contribution is 0.102. The largest absolute Gasteiger partial charge is 0.317 e. The van der Waals surface area contributed by atoms with Crippen molar-refractivity contribution in [3.63, 3.8) is 0 Å². The number of alkyl halides is 2. The molecule has 0 aromatic carbocycles. The first-order chi connectivity index (χ1) is 12.6. The highest BCUT2D eigenvalue weighted by atomic mass is 19.3. The van der Waals surface area contributed by atoms with E-state index in [1.165, 1.54) is 16.8 Å². The summed E-state index contributed by atoms with van der Waals surface area (Å²) in [6.07, 6.45) is 7.08. The Morgan fingerprint density at radius 2 is 2.04 bits per heavy atom. The molecule has 7 nitrogen and oxygen atoms in total. The molecule has 0 bridgehead atoms. The van der Waals surface area contributed by atoms with Crippen LogP contribution in [0.4, 0.5) is 14.5 Å². The fourth-order valence-corrected chi connectivity index (χ4v) is 3.32. The van der Waals surface area contributed by atoms with Gasteiger partial charge in [0.1, 0.15) is 0 Å². The van der Waals surface area contributed by atoms with Crippen LogP contribution in [-0.2, 0) is 0 Å². The average molecular weight is 360 g/mol. The average Bonchev–Trinajstić information content (AvgIpc) is 3.26. The Kier molecular flexibility index (Phi) is 4.36. The maximum Gasteiger partial charge on any atom is 0.284 e. The summed E-state index contributed by atoms with van der Waals surface area (Å²) in [7, 11) is 0. The van der Waals surface area contributed by atoms with Crippen molar-refractivity contribution in [2.45, 2.75) is 44.6 Å². The SMILES string of the molecule is O=C(Nc1cn(C2CCCCC2)nc1C(F)F)c1cc2ncccn2n1. The smallest absolute Gasteiger partial charge is 0.284 e. The Morgan fingerprint density at radius 1 is 1.23 bits per heavy atom. The lowest BCUT2D eigenvalue weighted by Crippen LogP contribution is -2.14. The Hall–Kier alpha value is -2.84. The summed E-state index contributed by atoms with van der Waals surface area (Å²) < 4.78 is 29.8. The number of fused-ring (bicyclic) bond motifs is 1. The van der Waals surface area contributed by atoms with E-state index in [0.717, 1.165) is 32.1 Å². The van der Waals surface area contributed by atoms with Gasteiger partial charge in [-0.05, 0) is 18.9 Å². The van der Waals surface area contributed by atoms with E-state index >= 15 is 0 Å². The van der Waals surface area contributed by atoms with Crippen molar-refractivity contribution in [1.82, 2.24) is 24.4 Å². The van der Waals surface area contributed by atoms with Gasteiger partial charge in [0.25, 0.3) is 12.3 Å². The van der Waals surface area contributed by atoms with Crippen LogP contribution in [0.5, 0.6) is 0 Å². The molecule has 3 aromatic heterocycles. The van der Waals surface area contributed by atoms with Gasteiger partial charge in [0, 0.05) is 24.7 Å². The number of carbonyl (C=O) groups excluding carboxylic acids is 1. The maximum absolute atomic E-state index is 13.4. The quantitative estimate of drug-likeness (QED) is 0.771. The van der Waals surface area contributed by atoms with Crippen molar-refractivity contribution in [1.29, 1.82) is 0 Å². The number of amides is 1. The molecule has 1 aliphatic rings. The zero-order chi connectivity index (χ0) is 18.1. The molecular formula is C17H18F2N6O. The molecule has 26 heavy (non-hydrogen) atoms. The topological polar surface area (TPSA) is 77.1 Å². The van der Waals surface area contributed by atoms with Crippen LogP contribution in [0.15, 0.2) is 30.7 Å². The number of aromatic nitrogens is 5. The van der Waals surface area contributed by atoms with Crippen LogP contribution in [0.3, 0.4) is 0 Å². The van der Waals surface area contributed by atoms with E-state index in [1.807, 2.05) is 0 Å². The molecule has 9 heteroatoms. The normalized spacial score (nSPS) is 15.7. The maximum atomic E-state index is 13.4. The number of halogens is 2. The first-order valence-electron chi connectivity index (χ1n) is 8.61. The highest BCUT2D eigenvalue weighted by Crippen LogP contribution is 2.32. The zero-order valence-corrected chi connectivity index (χ0v) is 14.0. The fourth-order valence-electron chi connectivity index (χ4n) is 3.32. The molecule has 0 radical (unpaired) electrons. The Morgan fingerprint density at radius 3 is 2.77 bits per heavy atom. The molecule has 0 unspecified atom stereocenters. The van der Waals surface area contributed by atoms with Crippen molar-refractivity contribution < 1.29 is 13.6 Å². The van der Waals surface area contributed by atoms with Crippen LogP contribution in [0.1, 0.15) is 60.8 Å². The highest BCUT2D eigenvalue weighted by Gasteiger charge is 2.24. The van der Waals surface area contributed by atoms with E-state index in [1.54, 1.807) is 23.1 Å². The predicted molar refractivity (Wildman–Crippen MR) is 90.2 cm³/mol. The van der Waals surface area contributed by atoms with Gasteiger partial charge in [0.15, 0.2) is 17.0 Å². The third-order valence-electron chi connectivity index (χ3n) is 4.63. The molecule has 1 aliphatic carbocycles. The van der Waals surface area contributed by atoms with Gasteiger partial charge in [-0.25, -0.2) is 18.3 Å². The van der Waals surface area contributed by atoms with Gasteiger partial charge in [-0.15, -0.1) is 0 Å². The number of rotatable bonds is 4. The molecule has 136 valence electrons. The second-order valence-corrected chi connectivity index (χ2v) is 6.41. The first kappa shape index (κ1) is 16.6. The number of nitrogens with one attached hydrogen (secondary N) is 1. The van der Waals surface area contributed by atoms with Gasteiger partial charge < -0.3 is 5.32 Å². The minimum absolute atomic E-state index is 0.0283. The molecule has 0 saturated heterocycles. The van der Waals surface area contributed by atoms with Crippen molar-refractivity contribution in [2.24, 2.45) is 0 Å². The van der Waals surface area contributed by atoms with Crippen LogP contribution < -0.4 is 5.32 Å². The number of anilines is 1. The molecule has 0 aliphatic heterocycles. The Balaban J connectivity index is 1.59. The van der Waals surface area contributed by atoms with Crippen LogP contribution in [0.2, 0.25) is 0 Å². The summed E-state index contributed by atoms with van der Waals surface area (Å²) in [6, 6.07) is 3.29. The minimum Gasteiger partial charge on any atom is -0.317 e. The van der Waals surface area contributed by atoms with E-state index in [4.69, 9.17) is 0 Å². The van der Waals surface area contributed by atoms with Gasteiger partial charge in [-0.1, -0.05) is 19.3 Å². The van der Waals surface area contributed by atoms with Crippen LogP contribution >= 0.6 is 0 Å². The van der Waals surface area contributed by atoms with Crippen molar-refractivity contribution >= 4 is 17.2 Å². The van der Waals surface area contributed by atoms with Crippen LogP contribution in [-0.4, -0.2) is 30.3 Å². The molecule has 3 heterocycles. The third kappa shape index (κ3) is 3.16. The van der Waals surface area contributed by atoms with Gasteiger partial charge in [-0.2, -0.15) is 10.2 Å². The summed E-state index contributed by atoms with van der Waals surface area (Å²) in [5.41, 5.74) is 0.227. The van der Waals surface area contributed by atoms with Gasteiger partial charge >= 0.3 is 0 Å². The Bertz CT molecular complexity index is 895. The van der Waals surface area contributed by atoms with E-state index in [9.17, 15) is 13.6 Å². The number of nitrogens with zero attached hydrogens (tertiary/aromatic N) is 5. The molecule has 1 fully saturated rings. The lowest BCUT2D eigenvalue weighted by atomic mass is 9.96. The van der Waals surface area contributed by atoms with Gasteiger partial charge in [0.05, 0.1) is 11.7 Å². The van der Waals surface area contributed by atoms with E-state index in [2.05, 4.69) is 20.5 Å². The molecular weight excluding hydrogens is 342 g/mol. The second-order valence-electron chi connectivity index (χ2n) is 6.41. The van der Waals surface area contributed by atoms with Crippen LogP contribution in [0.25, 0.3) is 5.65 Å². The number of hydrogen-bond acceptors (Lipinski definition) is 4. The molecule has 3 aromatic rings. The minimum atomic E-state index is -2.77. The van der Waals surface area contributed by atoms with Crippen molar-refractivity contribution in [3.8, 4) is 0 Å². The predicted octanol–water partition coefficient (Wildman–Crippen LogP) is 3.62. The first-order valence-corrected chi connectivity index (χ1v) is 8.61. The summed E-state index contributed by atoms with van der Waals surface area (Å²) >= 11 is 0. The lowest BCUT2D eigenvalue weighted by Gasteiger charge is -2.21. The van der Waals surface area contributed by atoms with Crippen LogP contribution in [0, 0.1) is 0 Å². The van der Waals surface area contributed by atoms with E-state index < -0.39 is 18.0 Å². The summed E-state index contributed by atoms with van der Waals surface area (Å²) in [4.78, 5) is 16.5. The van der Waals surface area contributed by atoms with E-state index in [-0.39, 0.29) is 17.4 Å². The second kappa shape index (κ2) is 6.81. The van der Waals surface area contributed by atoms with E-state index in [0.29, 0.717) is 5.65 Å². The fraction of sp³-hybridized carbons (Fsp3) is 0.412. The monoisotopic (exact) mass is 360 g/mol. The van der Waals surface area contributed by atoms with Crippen molar-refractivity contribution in [2.75, 3.05) is 5.32 Å². The van der Waals surface area contributed by atoms with Crippen molar-refractivity contribution in [3.05, 3.63) is 42.1 Å². The van der Waals surface area contributed by atoms with Gasteiger partial charge in [-0.3, -0.25) is 9.48 Å². The summed E-state index contributed by atoms with van der Waals surface area (Å²) in [6.45, 7) is 0. The third-order valence-corrected chi connectivity index (χ3v) is 4.63. The number of carbonyl (C=O) groups is 1. The summed E-state index contributed by atoms with van der Waals surface area (Å²) in [5.74, 6) is -0.569. The Labute approximate surface area is 148 Å². The molecule has 0 atom stereocenters. The standard InChI is InChI=1S/C17H18F2N6O/c18-16(19)15-13(10-25(23-15)11-5-2-1-3-6-11)21-17(26)12-9-14-20-7-4-8-24(14)22-12/h4,7-11,16H,1-3,5-6H2,(H,21,26).